The second-order valence-electron chi connectivity index (χ2n) is 7.32. The minimum atomic E-state index is -0.645. The van der Waals surface area contributed by atoms with Crippen molar-refractivity contribution in [1.82, 2.24) is 15.1 Å². The molecule has 0 bridgehead atoms. The van der Waals surface area contributed by atoms with Crippen LogP contribution in [0.2, 0.25) is 5.02 Å². The molecule has 0 radical (unpaired) electrons. The van der Waals surface area contributed by atoms with Gasteiger partial charge in [0.1, 0.15) is 5.75 Å². The van der Waals surface area contributed by atoms with Crippen LogP contribution in [0.4, 0.5) is 0 Å². The Morgan fingerprint density at radius 3 is 2.32 bits per heavy atom. The number of ether oxygens (including phenoxy) is 1. The van der Waals surface area contributed by atoms with Crippen molar-refractivity contribution < 1.29 is 19.1 Å². The number of nitrogens with one attached hydrogen (secondary N) is 1. The molecule has 3 rings (SSSR count). The van der Waals surface area contributed by atoms with Gasteiger partial charge in [-0.3, -0.25) is 14.4 Å². The summed E-state index contributed by atoms with van der Waals surface area (Å²) in [6.07, 6.45) is 0.0196. The van der Waals surface area contributed by atoms with E-state index in [0.29, 0.717) is 48.9 Å². The third-order valence-corrected chi connectivity index (χ3v) is 5.32. The average Bonchev–Trinajstić information content (AvgIpc) is 3.05. The highest BCUT2D eigenvalue weighted by atomic mass is 35.5. The molecular formula is C23H26ClN3O4. The Bertz CT molecular complexity index is 905. The molecule has 2 aromatic rings. The van der Waals surface area contributed by atoms with Crippen molar-refractivity contribution in [2.75, 3.05) is 32.7 Å². The van der Waals surface area contributed by atoms with E-state index in [0.717, 1.165) is 0 Å². The largest absolute Gasteiger partial charge is 0.481 e. The predicted octanol–water partition coefficient (Wildman–Crippen LogP) is 2.60. The number of carbonyl (C=O) groups excluding carboxylic acids is 3. The number of rotatable bonds is 6. The number of carbonyl (C=O) groups is 3. The summed E-state index contributed by atoms with van der Waals surface area (Å²) in [5.41, 5.74) is 0.512. The Labute approximate surface area is 186 Å². The zero-order chi connectivity index (χ0) is 22.2. The fourth-order valence-corrected chi connectivity index (χ4v) is 3.50. The Hall–Kier alpha value is -3.06. The number of hydrogen-bond acceptors (Lipinski definition) is 4. The van der Waals surface area contributed by atoms with Crippen molar-refractivity contribution in [3.63, 3.8) is 0 Å². The molecule has 164 valence electrons. The van der Waals surface area contributed by atoms with E-state index in [2.05, 4.69) is 5.32 Å². The van der Waals surface area contributed by atoms with Crippen molar-refractivity contribution in [3.8, 4) is 5.75 Å². The van der Waals surface area contributed by atoms with Gasteiger partial charge < -0.3 is 19.9 Å². The smallest absolute Gasteiger partial charge is 0.263 e. The van der Waals surface area contributed by atoms with Crippen LogP contribution in [0.3, 0.4) is 0 Å². The minimum Gasteiger partial charge on any atom is -0.481 e. The maximum absolute atomic E-state index is 12.8. The average molecular weight is 444 g/mol. The third kappa shape index (κ3) is 6.46. The molecule has 1 saturated heterocycles. The quantitative estimate of drug-likeness (QED) is 0.744. The summed E-state index contributed by atoms with van der Waals surface area (Å²) in [7, 11) is 0. The van der Waals surface area contributed by atoms with Crippen molar-refractivity contribution in [1.29, 1.82) is 0 Å². The van der Waals surface area contributed by atoms with Gasteiger partial charge in [-0.25, -0.2) is 0 Å². The fraction of sp³-hybridized carbons (Fsp3) is 0.348. The molecule has 0 saturated carbocycles. The maximum Gasteiger partial charge on any atom is 0.263 e. The first-order valence-electron chi connectivity index (χ1n) is 10.3. The highest BCUT2D eigenvalue weighted by Gasteiger charge is 2.26. The van der Waals surface area contributed by atoms with Crippen LogP contribution < -0.4 is 10.1 Å². The van der Waals surface area contributed by atoms with E-state index in [4.69, 9.17) is 16.3 Å². The van der Waals surface area contributed by atoms with E-state index >= 15 is 0 Å². The minimum absolute atomic E-state index is 0.0717. The maximum atomic E-state index is 12.8. The number of nitrogens with zero attached hydrogens (tertiary/aromatic N) is 2. The molecule has 1 N–H and O–H groups in total. The van der Waals surface area contributed by atoms with Gasteiger partial charge in [-0.15, -0.1) is 0 Å². The number of hydrogen-bond donors (Lipinski definition) is 1. The van der Waals surface area contributed by atoms with Crippen LogP contribution in [0, 0.1) is 0 Å². The molecule has 7 nitrogen and oxygen atoms in total. The van der Waals surface area contributed by atoms with Gasteiger partial charge in [-0.05, 0) is 49.7 Å². The Morgan fingerprint density at radius 2 is 1.61 bits per heavy atom. The summed E-state index contributed by atoms with van der Waals surface area (Å²) in [5, 5.41) is 3.26. The number of amides is 3. The monoisotopic (exact) mass is 443 g/mol. The van der Waals surface area contributed by atoms with E-state index in [-0.39, 0.29) is 24.3 Å². The lowest BCUT2D eigenvalue weighted by Gasteiger charge is -2.25. The van der Waals surface area contributed by atoms with Gasteiger partial charge in [0.2, 0.25) is 5.91 Å². The lowest BCUT2D eigenvalue weighted by molar-refractivity contribution is -0.138. The zero-order valence-electron chi connectivity index (χ0n) is 17.4. The van der Waals surface area contributed by atoms with E-state index in [1.165, 1.54) is 0 Å². The summed E-state index contributed by atoms with van der Waals surface area (Å²) < 4.78 is 5.73. The van der Waals surface area contributed by atoms with E-state index in [1.807, 2.05) is 6.07 Å². The molecule has 1 unspecified atom stereocenters. The summed E-state index contributed by atoms with van der Waals surface area (Å²) in [4.78, 5) is 40.9. The molecule has 1 fully saturated rings. The van der Waals surface area contributed by atoms with Crippen molar-refractivity contribution in [3.05, 3.63) is 65.2 Å². The van der Waals surface area contributed by atoms with Crippen molar-refractivity contribution >= 4 is 29.3 Å². The molecule has 8 heteroatoms. The summed E-state index contributed by atoms with van der Waals surface area (Å²) in [5.74, 6) is 0.00505. The standard InChI is InChI=1S/C23H26ClN3O4/c1-17(31-20-10-8-19(24)9-11-20)23(30)27-13-5-12-26(14-15-27)21(28)16-25-22(29)18-6-3-2-4-7-18/h2-4,6-11,17H,5,12-16H2,1H3,(H,25,29). The first kappa shape index (κ1) is 22.6. The zero-order valence-corrected chi connectivity index (χ0v) is 18.2. The summed E-state index contributed by atoms with van der Waals surface area (Å²) in [6.45, 7) is 3.57. The predicted molar refractivity (Wildman–Crippen MR) is 118 cm³/mol. The molecule has 1 atom stereocenters. The van der Waals surface area contributed by atoms with Gasteiger partial charge in [-0.1, -0.05) is 29.8 Å². The highest BCUT2D eigenvalue weighted by molar-refractivity contribution is 6.30. The van der Waals surface area contributed by atoms with Gasteiger partial charge >= 0.3 is 0 Å². The van der Waals surface area contributed by atoms with Crippen LogP contribution in [0.1, 0.15) is 23.7 Å². The van der Waals surface area contributed by atoms with E-state index in [1.54, 1.807) is 65.3 Å². The Morgan fingerprint density at radius 1 is 0.968 bits per heavy atom. The fourth-order valence-electron chi connectivity index (χ4n) is 3.37. The lowest BCUT2D eigenvalue weighted by Crippen LogP contribution is -2.44. The second-order valence-corrected chi connectivity index (χ2v) is 7.76. The van der Waals surface area contributed by atoms with Crippen LogP contribution in [-0.4, -0.2) is 66.3 Å². The van der Waals surface area contributed by atoms with Gasteiger partial charge in [0.25, 0.3) is 11.8 Å². The molecule has 1 aliphatic heterocycles. The molecule has 1 aliphatic rings. The first-order chi connectivity index (χ1) is 14.9. The Balaban J connectivity index is 1.47. The molecule has 2 aromatic carbocycles. The van der Waals surface area contributed by atoms with Gasteiger partial charge in [-0.2, -0.15) is 0 Å². The molecule has 31 heavy (non-hydrogen) atoms. The van der Waals surface area contributed by atoms with Crippen LogP contribution in [0.15, 0.2) is 54.6 Å². The number of benzene rings is 2. The molecule has 3 amide bonds. The lowest BCUT2D eigenvalue weighted by atomic mass is 10.2. The van der Waals surface area contributed by atoms with Gasteiger partial charge in [0.05, 0.1) is 6.54 Å². The molecular weight excluding hydrogens is 418 g/mol. The molecule has 0 aromatic heterocycles. The normalized spacial score (nSPS) is 15.0. The van der Waals surface area contributed by atoms with Crippen molar-refractivity contribution in [2.24, 2.45) is 0 Å². The van der Waals surface area contributed by atoms with Gasteiger partial charge in [0.15, 0.2) is 6.10 Å². The van der Waals surface area contributed by atoms with E-state index in [9.17, 15) is 14.4 Å². The van der Waals surface area contributed by atoms with E-state index < -0.39 is 6.10 Å². The third-order valence-electron chi connectivity index (χ3n) is 5.07. The van der Waals surface area contributed by atoms with Gasteiger partial charge in [0, 0.05) is 36.8 Å². The number of halogens is 1. The SMILES string of the molecule is CC(Oc1ccc(Cl)cc1)C(=O)N1CCCN(C(=O)CNC(=O)c2ccccc2)CC1. The highest BCUT2D eigenvalue weighted by Crippen LogP contribution is 2.17. The first-order valence-corrected chi connectivity index (χ1v) is 10.6. The molecule has 0 aliphatic carbocycles. The topological polar surface area (TPSA) is 79.0 Å². The second kappa shape index (κ2) is 10.8. The van der Waals surface area contributed by atoms with Crippen molar-refractivity contribution in [2.45, 2.75) is 19.4 Å². The van der Waals surface area contributed by atoms with Crippen LogP contribution in [0.5, 0.6) is 5.75 Å². The van der Waals surface area contributed by atoms with Crippen LogP contribution in [0.25, 0.3) is 0 Å². The van der Waals surface area contributed by atoms with Crippen LogP contribution in [-0.2, 0) is 9.59 Å². The molecule has 0 spiro atoms. The summed E-state index contributed by atoms with van der Waals surface area (Å²) in [6, 6.07) is 15.6. The Kier molecular flexibility index (Phi) is 7.89. The van der Waals surface area contributed by atoms with Crippen LogP contribution >= 0.6 is 11.6 Å². The molecule has 1 heterocycles. The summed E-state index contributed by atoms with van der Waals surface area (Å²) >= 11 is 5.87.